The molecule has 1 amide bonds. The highest BCUT2D eigenvalue weighted by atomic mass is 35.5. The first kappa shape index (κ1) is 19.3. The Hall–Kier alpha value is -2.44. The van der Waals surface area contributed by atoms with Gasteiger partial charge in [0.1, 0.15) is 5.82 Å². The van der Waals surface area contributed by atoms with Crippen molar-refractivity contribution >= 4 is 29.2 Å². The Morgan fingerprint density at radius 2 is 2.07 bits per heavy atom. The topological polar surface area (TPSA) is 62.7 Å². The normalized spacial score (nSPS) is 17.0. The number of nitrogens with zero attached hydrogens (tertiary/aromatic N) is 1. The van der Waals surface area contributed by atoms with Gasteiger partial charge < -0.3 is 10.1 Å². The van der Waals surface area contributed by atoms with Crippen LogP contribution in [-0.2, 0) is 4.74 Å². The van der Waals surface area contributed by atoms with E-state index in [1.165, 1.54) is 18.2 Å². The first-order valence-electron chi connectivity index (χ1n) is 8.77. The lowest BCUT2D eigenvalue weighted by Gasteiger charge is -2.14. The van der Waals surface area contributed by atoms with Crippen LogP contribution in [0, 0.1) is 12.7 Å². The SMILES string of the molecule is Cc1ccc(C(=O)NC(=NCC2CCCO2)Nc2ccc(F)c(Cl)c2)cc1. The average Bonchev–Trinajstić information content (AvgIpc) is 3.17. The number of amides is 1. The van der Waals surface area contributed by atoms with Gasteiger partial charge in [0.05, 0.1) is 17.7 Å². The van der Waals surface area contributed by atoms with Crippen molar-refractivity contribution in [3.8, 4) is 0 Å². The van der Waals surface area contributed by atoms with Crippen LogP contribution >= 0.6 is 11.6 Å². The molecule has 3 rings (SSSR count). The van der Waals surface area contributed by atoms with Crippen LogP contribution in [0.1, 0.15) is 28.8 Å². The molecule has 5 nitrogen and oxygen atoms in total. The van der Waals surface area contributed by atoms with Crippen molar-refractivity contribution in [2.24, 2.45) is 4.99 Å². The molecule has 0 aliphatic carbocycles. The molecule has 1 atom stereocenters. The maximum absolute atomic E-state index is 13.4. The summed E-state index contributed by atoms with van der Waals surface area (Å²) in [5.41, 5.74) is 2.11. The number of hydrogen-bond donors (Lipinski definition) is 2. The second-order valence-electron chi connectivity index (χ2n) is 6.40. The van der Waals surface area contributed by atoms with E-state index in [9.17, 15) is 9.18 Å². The predicted octanol–water partition coefficient (Wildman–Crippen LogP) is 4.16. The van der Waals surface area contributed by atoms with Crippen molar-refractivity contribution in [3.05, 3.63) is 64.4 Å². The zero-order valence-electron chi connectivity index (χ0n) is 15.0. The molecular formula is C20H21ClFN3O2. The quantitative estimate of drug-likeness (QED) is 0.609. The van der Waals surface area contributed by atoms with E-state index in [-0.39, 0.29) is 23.0 Å². The minimum absolute atomic E-state index is 0.0108. The second-order valence-corrected chi connectivity index (χ2v) is 6.81. The molecule has 2 aromatic carbocycles. The standard InChI is InChI=1S/C20H21ClFN3O2/c1-13-4-6-14(7-5-13)19(26)25-20(23-12-16-3-2-10-27-16)24-15-8-9-18(22)17(21)11-15/h4-9,11,16H,2-3,10,12H2,1H3,(H2,23,24,25,26). The molecule has 0 bridgehead atoms. The third kappa shape index (κ3) is 5.52. The molecule has 1 fully saturated rings. The average molecular weight is 390 g/mol. The van der Waals surface area contributed by atoms with E-state index < -0.39 is 5.82 Å². The Bertz CT molecular complexity index is 834. The first-order valence-corrected chi connectivity index (χ1v) is 9.15. The number of guanidine groups is 1. The molecule has 2 N–H and O–H groups in total. The van der Waals surface area contributed by atoms with Gasteiger partial charge in [-0.1, -0.05) is 29.3 Å². The summed E-state index contributed by atoms with van der Waals surface area (Å²) in [6.45, 7) is 3.10. The number of carbonyl (C=O) groups is 1. The summed E-state index contributed by atoms with van der Waals surface area (Å²) in [6, 6.07) is 11.5. The number of hydrogen-bond acceptors (Lipinski definition) is 3. The van der Waals surface area contributed by atoms with E-state index in [0.717, 1.165) is 25.0 Å². The van der Waals surface area contributed by atoms with Crippen molar-refractivity contribution in [1.82, 2.24) is 5.32 Å². The molecule has 0 saturated carbocycles. The third-order valence-electron chi connectivity index (χ3n) is 4.21. The van der Waals surface area contributed by atoms with Gasteiger partial charge in [-0.3, -0.25) is 10.1 Å². The first-order chi connectivity index (χ1) is 13.0. The summed E-state index contributed by atoms with van der Waals surface area (Å²) in [6.07, 6.45) is 1.98. The van der Waals surface area contributed by atoms with Crippen molar-refractivity contribution in [2.45, 2.75) is 25.9 Å². The minimum atomic E-state index is -0.510. The van der Waals surface area contributed by atoms with E-state index in [2.05, 4.69) is 15.6 Å². The Morgan fingerprint density at radius 3 is 2.74 bits per heavy atom. The Labute approximate surface area is 162 Å². The number of ether oxygens (including phenoxy) is 1. The summed E-state index contributed by atoms with van der Waals surface area (Å²) < 4.78 is 18.9. The Balaban J connectivity index is 1.75. The number of nitrogens with one attached hydrogen (secondary N) is 2. The lowest BCUT2D eigenvalue weighted by atomic mass is 10.1. The van der Waals surface area contributed by atoms with Crippen LogP contribution in [0.15, 0.2) is 47.5 Å². The Morgan fingerprint density at radius 1 is 1.30 bits per heavy atom. The fourth-order valence-corrected chi connectivity index (χ4v) is 2.87. The van der Waals surface area contributed by atoms with Gasteiger partial charge in [0.25, 0.3) is 5.91 Å². The summed E-state index contributed by atoms with van der Waals surface area (Å²) in [7, 11) is 0. The van der Waals surface area contributed by atoms with Crippen LogP contribution in [0.25, 0.3) is 0 Å². The fourth-order valence-electron chi connectivity index (χ4n) is 2.69. The van der Waals surface area contributed by atoms with Gasteiger partial charge in [0.15, 0.2) is 0 Å². The van der Waals surface area contributed by atoms with Gasteiger partial charge in [-0.2, -0.15) is 0 Å². The van der Waals surface area contributed by atoms with Crippen LogP contribution in [0.2, 0.25) is 5.02 Å². The molecule has 2 aromatic rings. The Kier molecular flexibility index (Phi) is 6.42. The molecular weight excluding hydrogens is 369 g/mol. The molecule has 1 aliphatic heterocycles. The zero-order valence-corrected chi connectivity index (χ0v) is 15.7. The van der Waals surface area contributed by atoms with Gasteiger partial charge >= 0.3 is 0 Å². The fraction of sp³-hybridized carbons (Fsp3) is 0.300. The highest BCUT2D eigenvalue weighted by molar-refractivity contribution is 6.31. The van der Waals surface area contributed by atoms with Gasteiger partial charge in [-0.25, -0.2) is 9.38 Å². The van der Waals surface area contributed by atoms with E-state index in [0.29, 0.717) is 17.8 Å². The summed E-state index contributed by atoms with van der Waals surface area (Å²) in [5, 5.41) is 5.75. The number of benzene rings is 2. The van der Waals surface area contributed by atoms with Crippen LogP contribution in [0.5, 0.6) is 0 Å². The largest absolute Gasteiger partial charge is 0.376 e. The number of aryl methyl sites for hydroxylation is 1. The predicted molar refractivity (Wildman–Crippen MR) is 105 cm³/mol. The van der Waals surface area contributed by atoms with E-state index in [4.69, 9.17) is 16.3 Å². The van der Waals surface area contributed by atoms with Gasteiger partial charge in [-0.05, 0) is 50.1 Å². The van der Waals surface area contributed by atoms with Crippen molar-refractivity contribution in [1.29, 1.82) is 0 Å². The van der Waals surface area contributed by atoms with Gasteiger partial charge in [0.2, 0.25) is 5.96 Å². The van der Waals surface area contributed by atoms with Gasteiger partial charge in [-0.15, -0.1) is 0 Å². The molecule has 0 spiro atoms. The van der Waals surface area contributed by atoms with E-state index >= 15 is 0 Å². The number of aliphatic imine (C=N–C) groups is 1. The molecule has 7 heteroatoms. The van der Waals surface area contributed by atoms with Crippen LogP contribution in [0.4, 0.5) is 10.1 Å². The third-order valence-corrected chi connectivity index (χ3v) is 4.49. The number of anilines is 1. The molecule has 1 saturated heterocycles. The van der Waals surface area contributed by atoms with E-state index in [1.807, 2.05) is 19.1 Å². The highest BCUT2D eigenvalue weighted by Crippen LogP contribution is 2.19. The highest BCUT2D eigenvalue weighted by Gasteiger charge is 2.16. The molecule has 1 unspecified atom stereocenters. The molecule has 0 radical (unpaired) electrons. The molecule has 0 aromatic heterocycles. The smallest absolute Gasteiger partial charge is 0.257 e. The zero-order chi connectivity index (χ0) is 19.2. The molecule has 142 valence electrons. The lowest BCUT2D eigenvalue weighted by molar-refractivity contribution is 0.0975. The second kappa shape index (κ2) is 8.97. The van der Waals surface area contributed by atoms with Crippen LogP contribution in [-0.4, -0.2) is 31.1 Å². The van der Waals surface area contributed by atoms with Crippen LogP contribution in [0.3, 0.4) is 0 Å². The number of carbonyl (C=O) groups excluding carboxylic acids is 1. The molecule has 1 heterocycles. The van der Waals surface area contributed by atoms with Gasteiger partial charge in [0, 0.05) is 17.9 Å². The maximum Gasteiger partial charge on any atom is 0.257 e. The number of halogens is 2. The minimum Gasteiger partial charge on any atom is -0.376 e. The van der Waals surface area contributed by atoms with Crippen molar-refractivity contribution in [3.63, 3.8) is 0 Å². The summed E-state index contributed by atoms with van der Waals surface area (Å²) >= 11 is 5.83. The number of rotatable bonds is 4. The maximum atomic E-state index is 13.4. The summed E-state index contributed by atoms with van der Waals surface area (Å²) in [4.78, 5) is 17.0. The van der Waals surface area contributed by atoms with E-state index in [1.54, 1.807) is 12.1 Å². The van der Waals surface area contributed by atoms with Crippen molar-refractivity contribution < 1.29 is 13.9 Å². The summed E-state index contributed by atoms with van der Waals surface area (Å²) in [5.74, 6) is -0.538. The lowest BCUT2D eigenvalue weighted by Crippen LogP contribution is -2.36. The molecule has 1 aliphatic rings. The van der Waals surface area contributed by atoms with Crippen molar-refractivity contribution in [2.75, 3.05) is 18.5 Å². The monoisotopic (exact) mass is 389 g/mol. The van der Waals surface area contributed by atoms with Crippen LogP contribution < -0.4 is 10.6 Å². The molecule has 27 heavy (non-hydrogen) atoms.